The summed E-state index contributed by atoms with van der Waals surface area (Å²) in [6, 6.07) is 7.31. The van der Waals surface area contributed by atoms with E-state index in [1.807, 2.05) is 32.0 Å². The van der Waals surface area contributed by atoms with Gasteiger partial charge >= 0.3 is 5.97 Å². The fourth-order valence-electron chi connectivity index (χ4n) is 1.62. The van der Waals surface area contributed by atoms with E-state index in [1.54, 1.807) is 6.07 Å². The maximum atomic E-state index is 11.5. The second kappa shape index (κ2) is 3.66. The summed E-state index contributed by atoms with van der Waals surface area (Å²) in [6.07, 6.45) is 4.94. The number of hydrogen-bond donors (Lipinski definition) is 1. The number of fused-ring (bicyclic) bond motifs is 1. The lowest BCUT2D eigenvalue weighted by Crippen LogP contribution is -2.40. The summed E-state index contributed by atoms with van der Waals surface area (Å²) in [5.41, 5.74) is 0.936. The average Bonchev–Trinajstić information content (AvgIpc) is 2.56. The van der Waals surface area contributed by atoms with Gasteiger partial charge in [-0.3, -0.25) is 5.32 Å². The van der Waals surface area contributed by atoms with Gasteiger partial charge in [-0.25, -0.2) is 4.79 Å². The lowest BCUT2D eigenvalue weighted by Gasteiger charge is -2.24. The van der Waals surface area contributed by atoms with Crippen LogP contribution in [0.4, 0.5) is 0 Å². The van der Waals surface area contributed by atoms with E-state index in [9.17, 15) is 4.79 Å². The number of ether oxygens (including phenoxy) is 1. The maximum Gasteiger partial charge on any atom is 0.340 e. The van der Waals surface area contributed by atoms with E-state index >= 15 is 0 Å². The molecule has 1 aromatic rings. The number of terminal acetylenes is 1. The quantitative estimate of drug-likeness (QED) is 0.604. The van der Waals surface area contributed by atoms with Crippen molar-refractivity contribution in [2.24, 2.45) is 0 Å². The van der Waals surface area contributed by atoms with Gasteiger partial charge < -0.3 is 4.74 Å². The van der Waals surface area contributed by atoms with Gasteiger partial charge in [0.2, 0.25) is 0 Å². The highest BCUT2D eigenvalue weighted by atomic mass is 16.6. The zero-order valence-corrected chi connectivity index (χ0v) is 9.28. The SMILES string of the molecule is C#CC(C)(C)NC1OC(=O)c2ccccc21. The van der Waals surface area contributed by atoms with Crippen LogP contribution in [0.3, 0.4) is 0 Å². The third-order valence-electron chi connectivity index (χ3n) is 2.54. The summed E-state index contributed by atoms with van der Waals surface area (Å²) in [5.74, 6) is 2.31. The van der Waals surface area contributed by atoms with Gasteiger partial charge in [-0.05, 0) is 19.9 Å². The number of hydrogen-bond acceptors (Lipinski definition) is 3. The molecule has 0 radical (unpaired) electrons. The van der Waals surface area contributed by atoms with Crippen molar-refractivity contribution < 1.29 is 9.53 Å². The second-order valence-corrected chi connectivity index (χ2v) is 4.29. The van der Waals surface area contributed by atoms with Crippen LogP contribution in [-0.4, -0.2) is 11.5 Å². The van der Waals surface area contributed by atoms with E-state index < -0.39 is 11.8 Å². The average molecular weight is 215 g/mol. The van der Waals surface area contributed by atoms with Gasteiger partial charge in [0, 0.05) is 5.56 Å². The minimum absolute atomic E-state index is 0.305. The third kappa shape index (κ3) is 1.80. The number of esters is 1. The molecule has 0 amide bonds. The standard InChI is InChI=1S/C13H13NO2/c1-4-13(2,3)14-11-9-7-5-6-8-10(9)12(15)16-11/h1,5-8,11,14H,2-3H3. The molecule has 0 bridgehead atoms. The van der Waals surface area contributed by atoms with Gasteiger partial charge in [0.1, 0.15) is 0 Å². The molecule has 1 unspecified atom stereocenters. The molecular weight excluding hydrogens is 202 g/mol. The summed E-state index contributed by atoms with van der Waals surface area (Å²) in [7, 11) is 0. The molecule has 82 valence electrons. The Kier molecular flexibility index (Phi) is 2.45. The predicted octanol–water partition coefficient (Wildman–Crippen LogP) is 1.86. The first kappa shape index (κ1) is 10.7. The van der Waals surface area contributed by atoms with Gasteiger partial charge in [-0.15, -0.1) is 6.42 Å². The molecule has 0 saturated heterocycles. The highest BCUT2D eigenvalue weighted by molar-refractivity contribution is 5.93. The second-order valence-electron chi connectivity index (χ2n) is 4.29. The van der Waals surface area contributed by atoms with Crippen molar-refractivity contribution >= 4 is 5.97 Å². The summed E-state index contributed by atoms with van der Waals surface area (Å²) >= 11 is 0. The molecule has 1 aliphatic heterocycles. The van der Waals surface area contributed by atoms with Crippen molar-refractivity contribution in [2.45, 2.75) is 25.6 Å². The third-order valence-corrected chi connectivity index (χ3v) is 2.54. The molecule has 3 heteroatoms. The lowest BCUT2D eigenvalue weighted by atomic mass is 10.0. The number of carbonyl (C=O) groups excluding carboxylic acids is 1. The van der Waals surface area contributed by atoms with Crippen LogP contribution in [-0.2, 0) is 4.74 Å². The molecule has 0 aromatic heterocycles. The maximum absolute atomic E-state index is 11.5. The number of nitrogens with one attached hydrogen (secondary N) is 1. The Morgan fingerprint density at radius 3 is 2.81 bits per heavy atom. The summed E-state index contributed by atoms with van der Waals surface area (Å²) < 4.78 is 5.22. The van der Waals surface area contributed by atoms with Gasteiger partial charge in [0.25, 0.3) is 0 Å². The fraction of sp³-hybridized carbons (Fsp3) is 0.308. The molecule has 1 aromatic carbocycles. The van der Waals surface area contributed by atoms with E-state index in [2.05, 4.69) is 11.2 Å². The molecule has 0 fully saturated rings. The van der Waals surface area contributed by atoms with Crippen molar-refractivity contribution in [3.05, 3.63) is 35.4 Å². The minimum Gasteiger partial charge on any atom is -0.439 e. The van der Waals surface area contributed by atoms with Crippen LogP contribution in [0.15, 0.2) is 24.3 Å². The molecule has 2 rings (SSSR count). The van der Waals surface area contributed by atoms with Crippen LogP contribution in [0.1, 0.15) is 36.0 Å². The Bertz CT molecular complexity index is 471. The zero-order valence-electron chi connectivity index (χ0n) is 9.28. The molecule has 1 N–H and O–H groups in total. The van der Waals surface area contributed by atoms with Gasteiger partial charge in [0.05, 0.1) is 11.1 Å². The molecule has 16 heavy (non-hydrogen) atoms. The Morgan fingerprint density at radius 2 is 2.12 bits per heavy atom. The smallest absolute Gasteiger partial charge is 0.340 e. The largest absolute Gasteiger partial charge is 0.439 e. The summed E-state index contributed by atoms with van der Waals surface area (Å²) in [6.45, 7) is 3.73. The van der Waals surface area contributed by atoms with Crippen LogP contribution < -0.4 is 5.32 Å². The topological polar surface area (TPSA) is 38.3 Å². The van der Waals surface area contributed by atoms with Crippen molar-refractivity contribution in [3.8, 4) is 12.3 Å². The molecule has 3 nitrogen and oxygen atoms in total. The first-order chi connectivity index (χ1) is 7.53. The number of rotatable bonds is 2. The van der Waals surface area contributed by atoms with Crippen molar-refractivity contribution in [3.63, 3.8) is 0 Å². The number of cyclic esters (lactones) is 1. The van der Waals surface area contributed by atoms with Gasteiger partial charge in [-0.2, -0.15) is 0 Å². The highest BCUT2D eigenvalue weighted by Crippen LogP contribution is 2.29. The highest BCUT2D eigenvalue weighted by Gasteiger charge is 2.33. The monoisotopic (exact) mass is 215 g/mol. The molecular formula is C13H13NO2. The van der Waals surface area contributed by atoms with Crippen LogP contribution in [0.25, 0.3) is 0 Å². The van der Waals surface area contributed by atoms with Crippen LogP contribution in [0.5, 0.6) is 0 Å². The summed E-state index contributed by atoms with van der Waals surface area (Å²) in [4.78, 5) is 11.5. The summed E-state index contributed by atoms with van der Waals surface area (Å²) in [5, 5.41) is 3.11. The number of carbonyl (C=O) groups is 1. The van der Waals surface area contributed by atoms with E-state index in [-0.39, 0.29) is 5.97 Å². The van der Waals surface area contributed by atoms with E-state index in [0.717, 1.165) is 5.56 Å². The van der Waals surface area contributed by atoms with E-state index in [0.29, 0.717) is 5.56 Å². The van der Waals surface area contributed by atoms with Crippen molar-refractivity contribution in [2.75, 3.05) is 0 Å². The fourth-order valence-corrected chi connectivity index (χ4v) is 1.62. The molecule has 0 aliphatic carbocycles. The van der Waals surface area contributed by atoms with Gasteiger partial charge in [-0.1, -0.05) is 24.1 Å². The molecule has 1 heterocycles. The van der Waals surface area contributed by atoms with Crippen molar-refractivity contribution in [1.82, 2.24) is 5.32 Å². The van der Waals surface area contributed by atoms with E-state index in [4.69, 9.17) is 11.2 Å². The first-order valence-electron chi connectivity index (χ1n) is 5.09. The van der Waals surface area contributed by atoms with Crippen LogP contribution in [0, 0.1) is 12.3 Å². The lowest BCUT2D eigenvalue weighted by molar-refractivity contribution is 0.0261. The van der Waals surface area contributed by atoms with E-state index in [1.165, 1.54) is 0 Å². The zero-order chi connectivity index (χ0) is 11.8. The molecule has 1 aliphatic rings. The predicted molar refractivity (Wildman–Crippen MR) is 60.6 cm³/mol. The molecule has 1 atom stereocenters. The van der Waals surface area contributed by atoms with Crippen molar-refractivity contribution in [1.29, 1.82) is 0 Å². The van der Waals surface area contributed by atoms with Crippen LogP contribution >= 0.6 is 0 Å². The van der Waals surface area contributed by atoms with Gasteiger partial charge in [0.15, 0.2) is 6.23 Å². The number of benzene rings is 1. The Morgan fingerprint density at radius 1 is 1.44 bits per heavy atom. The Labute approximate surface area is 94.8 Å². The first-order valence-corrected chi connectivity index (χ1v) is 5.09. The Balaban J connectivity index is 2.29. The van der Waals surface area contributed by atoms with Crippen LogP contribution in [0.2, 0.25) is 0 Å². The minimum atomic E-state index is -0.512. The Hall–Kier alpha value is -1.79. The normalized spacial score (nSPS) is 18.8. The molecule has 0 saturated carbocycles. The molecule has 0 spiro atoms.